The van der Waals surface area contributed by atoms with Crippen molar-refractivity contribution in [1.82, 2.24) is 0 Å². The van der Waals surface area contributed by atoms with Crippen LogP contribution in [0.25, 0.3) is 0 Å². The Morgan fingerprint density at radius 1 is 0.875 bits per heavy atom. The van der Waals surface area contributed by atoms with Gasteiger partial charge in [-0.1, -0.05) is 5.92 Å². The quantitative estimate of drug-likeness (QED) is 0.209. The molecule has 0 radical (unpaired) electrons. The molecule has 1 aromatic carbocycles. The number of benzene rings is 1. The van der Waals surface area contributed by atoms with Gasteiger partial charge in [0.1, 0.15) is 6.61 Å². The van der Waals surface area contributed by atoms with Gasteiger partial charge in [0.05, 0.1) is 6.61 Å². The summed E-state index contributed by atoms with van der Waals surface area (Å²) in [7, 11) is 0. The molecular weight excluding hydrogens is 536 g/mol. The summed E-state index contributed by atoms with van der Waals surface area (Å²) in [5.74, 6) is 2.43. The second-order valence-electron chi connectivity index (χ2n) is 2.75. The molecule has 0 bridgehead atoms. The average Bonchev–Trinajstić information content (AvgIpc) is 2.28. The number of rotatable bonds is 3. The van der Waals surface area contributed by atoms with Gasteiger partial charge >= 0.3 is 0 Å². The number of terminal acetylenes is 1. The fourth-order valence-electron chi connectivity index (χ4n) is 0.989. The van der Waals surface area contributed by atoms with Crippen LogP contribution in [0.2, 0.25) is 0 Å². The second-order valence-corrected chi connectivity index (χ2v) is 6.71. The van der Waals surface area contributed by atoms with E-state index in [9.17, 15) is 0 Å². The third-order valence-electron chi connectivity index (χ3n) is 1.73. The molecule has 16 heavy (non-hydrogen) atoms. The maximum absolute atomic E-state index is 5.33. The van der Waals surface area contributed by atoms with E-state index >= 15 is 0 Å². The van der Waals surface area contributed by atoms with Crippen LogP contribution >= 0.6 is 79.6 Å². The lowest BCUT2D eigenvalue weighted by atomic mass is 10.2. The normalized spacial score (nSPS) is 10.2. The van der Waals surface area contributed by atoms with Crippen molar-refractivity contribution >= 4 is 79.6 Å². The van der Waals surface area contributed by atoms with Crippen molar-refractivity contribution in [3.8, 4) is 12.3 Å². The van der Waals surface area contributed by atoms with Gasteiger partial charge < -0.3 is 4.74 Å². The topological polar surface area (TPSA) is 9.23 Å². The lowest BCUT2D eigenvalue weighted by Crippen LogP contribution is -1.97. The van der Waals surface area contributed by atoms with Crippen molar-refractivity contribution in [2.75, 3.05) is 6.61 Å². The molecule has 1 rings (SSSR count). The molecule has 0 amide bonds. The molecule has 0 saturated heterocycles. The third-order valence-corrected chi connectivity index (χ3v) is 7.99. The standard InChI is InChI=1S/C10H5Br5O/c1-2-3-16-4-5-6(11)8(13)10(15)9(14)7(5)12/h1H,3-4H2. The zero-order valence-electron chi connectivity index (χ0n) is 7.79. The number of hydrogen-bond donors (Lipinski definition) is 0. The van der Waals surface area contributed by atoms with Crippen molar-refractivity contribution in [1.29, 1.82) is 0 Å². The molecule has 0 aliphatic carbocycles. The summed E-state index contributed by atoms with van der Waals surface area (Å²) < 4.78 is 10.0. The maximum atomic E-state index is 5.33. The Morgan fingerprint density at radius 2 is 1.31 bits per heavy atom. The summed E-state index contributed by atoms with van der Waals surface area (Å²) >= 11 is 17.5. The van der Waals surface area contributed by atoms with Crippen LogP contribution < -0.4 is 0 Å². The Bertz CT molecular complexity index is 420. The Balaban J connectivity index is 3.14. The van der Waals surface area contributed by atoms with Crippen molar-refractivity contribution in [3.05, 3.63) is 27.9 Å². The van der Waals surface area contributed by atoms with E-state index < -0.39 is 0 Å². The van der Waals surface area contributed by atoms with Crippen LogP contribution in [0.4, 0.5) is 0 Å². The third kappa shape index (κ3) is 3.33. The maximum Gasteiger partial charge on any atom is 0.107 e. The molecule has 0 N–H and O–H groups in total. The molecule has 0 fully saturated rings. The van der Waals surface area contributed by atoms with Crippen LogP contribution in [0, 0.1) is 12.3 Å². The smallest absolute Gasteiger partial charge is 0.107 e. The number of halogens is 5. The minimum absolute atomic E-state index is 0.296. The van der Waals surface area contributed by atoms with E-state index in [1.807, 2.05) is 0 Å². The van der Waals surface area contributed by atoms with E-state index in [1.165, 1.54) is 0 Å². The van der Waals surface area contributed by atoms with Crippen LogP contribution in [0.15, 0.2) is 22.4 Å². The summed E-state index contributed by atoms with van der Waals surface area (Å²) in [5, 5.41) is 0. The summed E-state index contributed by atoms with van der Waals surface area (Å²) in [6, 6.07) is 0. The van der Waals surface area contributed by atoms with Crippen LogP contribution in [-0.4, -0.2) is 6.61 Å². The first-order valence-electron chi connectivity index (χ1n) is 4.02. The lowest BCUT2D eigenvalue weighted by molar-refractivity contribution is 0.152. The number of ether oxygens (including phenoxy) is 1. The minimum Gasteiger partial charge on any atom is -0.364 e. The summed E-state index contributed by atoms with van der Waals surface area (Å²) in [5.41, 5.74) is 0.997. The van der Waals surface area contributed by atoms with E-state index in [-0.39, 0.29) is 0 Å². The lowest BCUT2D eigenvalue weighted by Gasteiger charge is -2.13. The van der Waals surface area contributed by atoms with Crippen LogP contribution in [0.5, 0.6) is 0 Å². The first kappa shape index (κ1) is 15.2. The van der Waals surface area contributed by atoms with E-state index in [1.54, 1.807) is 0 Å². The summed E-state index contributed by atoms with van der Waals surface area (Å²) in [6.45, 7) is 0.736. The molecule has 1 aromatic rings. The zero-order chi connectivity index (χ0) is 12.3. The fourth-order valence-corrected chi connectivity index (χ4v) is 4.35. The highest BCUT2D eigenvalue weighted by molar-refractivity contribution is 9.15. The highest BCUT2D eigenvalue weighted by atomic mass is 79.9. The Labute approximate surface area is 136 Å². The second kappa shape index (κ2) is 6.91. The predicted octanol–water partition coefficient (Wildman–Crippen LogP) is 5.65. The molecule has 0 spiro atoms. The van der Waals surface area contributed by atoms with Gasteiger partial charge in [-0.05, 0) is 79.6 Å². The summed E-state index contributed by atoms with van der Waals surface area (Å²) in [6.07, 6.45) is 5.13. The van der Waals surface area contributed by atoms with E-state index in [0.717, 1.165) is 27.9 Å². The Morgan fingerprint density at radius 3 is 1.75 bits per heavy atom. The molecule has 0 unspecified atom stereocenters. The molecule has 0 saturated carbocycles. The molecular formula is C10H5Br5O. The van der Waals surface area contributed by atoms with Gasteiger partial charge in [0, 0.05) is 27.9 Å². The van der Waals surface area contributed by atoms with Gasteiger partial charge in [-0.2, -0.15) is 0 Å². The molecule has 1 nitrogen and oxygen atoms in total. The molecule has 6 heteroatoms. The highest BCUT2D eigenvalue weighted by Crippen LogP contribution is 2.44. The van der Waals surface area contributed by atoms with Crippen LogP contribution in [0.1, 0.15) is 5.56 Å². The molecule has 86 valence electrons. The molecule has 0 atom stereocenters. The van der Waals surface area contributed by atoms with Crippen LogP contribution in [-0.2, 0) is 11.3 Å². The SMILES string of the molecule is C#CCOCc1c(Br)c(Br)c(Br)c(Br)c1Br. The van der Waals surface area contributed by atoms with Crippen molar-refractivity contribution in [2.24, 2.45) is 0 Å². The van der Waals surface area contributed by atoms with Gasteiger partial charge in [0.2, 0.25) is 0 Å². The first-order valence-corrected chi connectivity index (χ1v) is 7.98. The highest BCUT2D eigenvalue weighted by Gasteiger charge is 2.17. The number of hydrogen-bond acceptors (Lipinski definition) is 1. The van der Waals surface area contributed by atoms with E-state index in [4.69, 9.17) is 11.2 Å². The molecule has 0 aliphatic heterocycles. The van der Waals surface area contributed by atoms with Gasteiger partial charge in [-0.25, -0.2) is 0 Å². The molecule has 0 aromatic heterocycles. The van der Waals surface area contributed by atoms with Crippen molar-refractivity contribution in [3.63, 3.8) is 0 Å². The monoisotopic (exact) mass is 536 g/mol. The minimum atomic E-state index is 0.296. The first-order chi connectivity index (χ1) is 7.50. The van der Waals surface area contributed by atoms with Crippen LogP contribution in [0.3, 0.4) is 0 Å². The molecule has 0 heterocycles. The van der Waals surface area contributed by atoms with E-state index in [2.05, 4.69) is 85.6 Å². The molecule has 0 aliphatic rings. The predicted molar refractivity (Wildman–Crippen MR) is 83.4 cm³/mol. The average molecular weight is 541 g/mol. The Hall–Kier alpha value is 1.14. The zero-order valence-corrected chi connectivity index (χ0v) is 15.7. The van der Waals surface area contributed by atoms with Gasteiger partial charge in [0.25, 0.3) is 0 Å². The van der Waals surface area contributed by atoms with E-state index in [0.29, 0.717) is 13.2 Å². The fraction of sp³-hybridized carbons (Fsp3) is 0.200. The van der Waals surface area contributed by atoms with Gasteiger partial charge in [-0.15, -0.1) is 6.42 Å². The van der Waals surface area contributed by atoms with Crippen molar-refractivity contribution < 1.29 is 4.74 Å². The largest absolute Gasteiger partial charge is 0.364 e. The van der Waals surface area contributed by atoms with Crippen molar-refractivity contribution in [2.45, 2.75) is 6.61 Å². The summed E-state index contributed by atoms with van der Waals surface area (Å²) in [4.78, 5) is 0. The van der Waals surface area contributed by atoms with Gasteiger partial charge in [-0.3, -0.25) is 0 Å². The Kier molecular flexibility index (Phi) is 6.56. The van der Waals surface area contributed by atoms with Gasteiger partial charge in [0.15, 0.2) is 0 Å².